The zero-order valence-electron chi connectivity index (χ0n) is 11.8. The second kappa shape index (κ2) is 6.17. The molecule has 0 bridgehead atoms. The Morgan fingerprint density at radius 3 is 2.50 bits per heavy atom. The van der Waals surface area contributed by atoms with Gasteiger partial charge in [-0.05, 0) is 19.4 Å². The summed E-state index contributed by atoms with van der Waals surface area (Å²) >= 11 is 0. The summed E-state index contributed by atoms with van der Waals surface area (Å²) in [6.45, 7) is 2.35. The topological polar surface area (TPSA) is 47.7 Å². The third-order valence-corrected chi connectivity index (χ3v) is 4.05. The number of hydrogen-bond acceptors (Lipinski definition) is 4. The van der Waals surface area contributed by atoms with E-state index in [0.29, 0.717) is 45.4 Å². The van der Waals surface area contributed by atoms with Crippen molar-refractivity contribution in [1.82, 2.24) is 4.90 Å². The maximum Gasteiger partial charge on any atom is 0.401 e. The van der Waals surface area contributed by atoms with Gasteiger partial charge in [0.25, 0.3) is 0 Å². The first-order valence-electron chi connectivity index (χ1n) is 7.19. The number of hydrogen-bond donors (Lipinski definition) is 1. The second-order valence-corrected chi connectivity index (χ2v) is 5.67. The van der Waals surface area contributed by atoms with Gasteiger partial charge in [-0.2, -0.15) is 13.2 Å². The first-order chi connectivity index (χ1) is 9.35. The SMILES string of the molecule is CCCN(CC(F)(F)F)C1CC2(CCC1N)OCCO2. The number of halogens is 3. The van der Waals surface area contributed by atoms with Crippen LogP contribution < -0.4 is 5.73 Å². The van der Waals surface area contributed by atoms with Crippen molar-refractivity contribution in [2.45, 2.75) is 56.7 Å². The van der Waals surface area contributed by atoms with Gasteiger partial charge < -0.3 is 15.2 Å². The molecule has 4 nitrogen and oxygen atoms in total. The lowest BCUT2D eigenvalue weighted by Crippen LogP contribution is -2.58. The Labute approximate surface area is 117 Å². The molecule has 1 aliphatic carbocycles. The van der Waals surface area contributed by atoms with Gasteiger partial charge in [-0.1, -0.05) is 6.92 Å². The summed E-state index contributed by atoms with van der Waals surface area (Å²) in [5.41, 5.74) is 6.06. The van der Waals surface area contributed by atoms with Crippen LogP contribution in [0.25, 0.3) is 0 Å². The molecule has 2 N–H and O–H groups in total. The lowest BCUT2D eigenvalue weighted by atomic mass is 9.85. The number of ether oxygens (including phenoxy) is 2. The lowest BCUT2D eigenvalue weighted by molar-refractivity contribution is -0.202. The summed E-state index contributed by atoms with van der Waals surface area (Å²) in [4.78, 5) is 1.44. The van der Waals surface area contributed by atoms with Gasteiger partial charge in [-0.15, -0.1) is 0 Å². The minimum Gasteiger partial charge on any atom is -0.347 e. The van der Waals surface area contributed by atoms with Gasteiger partial charge in [0.15, 0.2) is 5.79 Å². The van der Waals surface area contributed by atoms with E-state index in [4.69, 9.17) is 15.2 Å². The molecule has 0 radical (unpaired) electrons. The Balaban J connectivity index is 2.08. The molecule has 0 aromatic carbocycles. The van der Waals surface area contributed by atoms with Crippen LogP contribution >= 0.6 is 0 Å². The normalized spacial score (nSPS) is 30.3. The van der Waals surface area contributed by atoms with E-state index in [1.165, 1.54) is 4.90 Å². The summed E-state index contributed by atoms with van der Waals surface area (Å²) < 4.78 is 49.5. The summed E-state index contributed by atoms with van der Waals surface area (Å²) in [5, 5.41) is 0. The van der Waals surface area contributed by atoms with Crippen molar-refractivity contribution in [2.75, 3.05) is 26.3 Å². The van der Waals surface area contributed by atoms with E-state index in [2.05, 4.69) is 0 Å². The fourth-order valence-corrected chi connectivity index (χ4v) is 3.19. The van der Waals surface area contributed by atoms with Crippen LogP contribution in [0.4, 0.5) is 13.2 Å². The van der Waals surface area contributed by atoms with E-state index >= 15 is 0 Å². The summed E-state index contributed by atoms with van der Waals surface area (Å²) in [7, 11) is 0. The quantitative estimate of drug-likeness (QED) is 0.860. The Morgan fingerprint density at radius 2 is 1.95 bits per heavy atom. The highest BCUT2D eigenvalue weighted by Gasteiger charge is 2.47. The molecule has 1 spiro atoms. The van der Waals surface area contributed by atoms with Crippen molar-refractivity contribution in [3.8, 4) is 0 Å². The molecule has 1 aliphatic heterocycles. The van der Waals surface area contributed by atoms with E-state index in [0.717, 1.165) is 0 Å². The van der Waals surface area contributed by atoms with Crippen molar-refractivity contribution in [3.63, 3.8) is 0 Å². The molecule has 2 unspecified atom stereocenters. The zero-order chi connectivity index (χ0) is 14.8. The molecule has 0 amide bonds. The first-order valence-corrected chi connectivity index (χ1v) is 7.19. The average molecular weight is 296 g/mol. The van der Waals surface area contributed by atoms with Crippen LogP contribution in [0.3, 0.4) is 0 Å². The third kappa shape index (κ3) is 3.84. The van der Waals surface area contributed by atoms with Crippen molar-refractivity contribution in [1.29, 1.82) is 0 Å². The highest BCUT2D eigenvalue weighted by molar-refractivity contribution is 4.95. The van der Waals surface area contributed by atoms with Crippen molar-refractivity contribution in [3.05, 3.63) is 0 Å². The lowest BCUT2D eigenvalue weighted by Gasteiger charge is -2.44. The smallest absolute Gasteiger partial charge is 0.347 e. The van der Waals surface area contributed by atoms with Crippen LogP contribution in [0.1, 0.15) is 32.6 Å². The van der Waals surface area contributed by atoms with Crippen molar-refractivity contribution < 1.29 is 22.6 Å². The van der Waals surface area contributed by atoms with E-state index in [1.807, 2.05) is 6.92 Å². The monoisotopic (exact) mass is 296 g/mol. The van der Waals surface area contributed by atoms with E-state index in [9.17, 15) is 13.2 Å². The molecule has 118 valence electrons. The van der Waals surface area contributed by atoms with Crippen molar-refractivity contribution in [2.24, 2.45) is 5.73 Å². The average Bonchev–Trinajstić information content (AvgIpc) is 2.79. The molecule has 2 aliphatic rings. The first kappa shape index (κ1) is 16.0. The molecule has 20 heavy (non-hydrogen) atoms. The van der Waals surface area contributed by atoms with Crippen LogP contribution in [0.15, 0.2) is 0 Å². The van der Waals surface area contributed by atoms with Crippen LogP contribution in [-0.4, -0.2) is 55.3 Å². The van der Waals surface area contributed by atoms with Gasteiger partial charge in [0.2, 0.25) is 0 Å². The Morgan fingerprint density at radius 1 is 1.30 bits per heavy atom. The molecule has 2 fully saturated rings. The third-order valence-electron chi connectivity index (χ3n) is 4.05. The van der Waals surface area contributed by atoms with Gasteiger partial charge in [0.1, 0.15) is 0 Å². The van der Waals surface area contributed by atoms with Crippen LogP contribution in [0.5, 0.6) is 0 Å². The predicted molar refractivity (Wildman–Crippen MR) is 68.2 cm³/mol. The highest BCUT2D eigenvalue weighted by atomic mass is 19.4. The molecular formula is C13H23F3N2O2. The maximum atomic E-state index is 12.7. The molecule has 7 heteroatoms. The van der Waals surface area contributed by atoms with Crippen LogP contribution in [-0.2, 0) is 9.47 Å². The fraction of sp³-hybridized carbons (Fsp3) is 1.00. The molecule has 0 aromatic heterocycles. The van der Waals surface area contributed by atoms with E-state index in [1.54, 1.807) is 0 Å². The van der Waals surface area contributed by atoms with Crippen LogP contribution in [0, 0.1) is 0 Å². The minimum absolute atomic E-state index is 0.262. The van der Waals surface area contributed by atoms with E-state index < -0.39 is 18.5 Å². The summed E-state index contributed by atoms with van der Waals surface area (Å²) in [6.07, 6.45) is -1.84. The molecule has 2 rings (SSSR count). The highest BCUT2D eigenvalue weighted by Crippen LogP contribution is 2.38. The predicted octanol–water partition coefficient (Wildman–Crippen LogP) is 1.88. The number of rotatable bonds is 4. The van der Waals surface area contributed by atoms with Gasteiger partial charge in [-0.3, -0.25) is 4.90 Å². The number of nitrogens with two attached hydrogens (primary N) is 1. The summed E-state index contributed by atoms with van der Waals surface area (Å²) in [6, 6.07) is -0.606. The fourth-order valence-electron chi connectivity index (χ4n) is 3.19. The molecular weight excluding hydrogens is 273 g/mol. The Bertz CT molecular complexity index is 319. The molecule has 1 saturated heterocycles. The number of nitrogens with zero attached hydrogens (tertiary/aromatic N) is 1. The van der Waals surface area contributed by atoms with Crippen molar-refractivity contribution >= 4 is 0 Å². The van der Waals surface area contributed by atoms with Gasteiger partial charge >= 0.3 is 6.18 Å². The second-order valence-electron chi connectivity index (χ2n) is 5.67. The molecule has 1 saturated carbocycles. The Hall–Kier alpha value is -0.370. The zero-order valence-corrected chi connectivity index (χ0v) is 11.8. The summed E-state index contributed by atoms with van der Waals surface area (Å²) in [5.74, 6) is -0.710. The van der Waals surface area contributed by atoms with E-state index in [-0.39, 0.29) is 12.1 Å². The number of alkyl halides is 3. The standard InChI is InChI=1S/C13H23F3N2O2/c1-2-5-18(9-13(14,15)16)11-8-12(4-3-10(11)17)19-6-7-20-12/h10-11H,2-9,17H2,1H3. The van der Waals surface area contributed by atoms with Gasteiger partial charge in [0.05, 0.1) is 19.8 Å². The molecule has 0 aromatic rings. The maximum absolute atomic E-state index is 12.7. The molecule has 1 heterocycles. The van der Waals surface area contributed by atoms with Gasteiger partial charge in [-0.25, -0.2) is 0 Å². The largest absolute Gasteiger partial charge is 0.401 e. The Kier molecular flexibility index (Phi) is 4.94. The molecule has 2 atom stereocenters. The van der Waals surface area contributed by atoms with Gasteiger partial charge in [0, 0.05) is 24.9 Å². The van der Waals surface area contributed by atoms with Crippen LogP contribution in [0.2, 0.25) is 0 Å². The minimum atomic E-state index is -4.21.